The smallest absolute Gasteiger partial charge is 0.358 e. The van der Waals surface area contributed by atoms with Crippen LogP contribution in [0.3, 0.4) is 0 Å². The van der Waals surface area contributed by atoms with Crippen LogP contribution in [-0.2, 0) is 0 Å². The third-order valence-electron chi connectivity index (χ3n) is 1.07. The van der Waals surface area contributed by atoms with Gasteiger partial charge in [-0.05, 0) is 0 Å². The van der Waals surface area contributed by atoms with Gasteiger partial charge in [-0.15, -0.1) is 0 Å². The molecule has 0 amide bonds. The van der Waals surface area contributed by atoms with Gasteiger partial charge in [-0.2, -0.15) is 4.98 Å². The summed E-state index contributed by atoms with van der Waals surface area (Å²) in [6, 6.07) is 0. The van der Waals surface area contributed by atoms with Crippen LogP contribution in [0.2, 0.25) is 0 Å². The molecule has 0 atom stereocenters. The minimum absolute atomic E-state index is 0.0297. The second kappa shape index (κ2) is 2.99. The Morgan fingerprint density at radius 2 is 2.36 bits per heavy atom. The van der Waals surface area contributed by atoms with E-state index in [1.165, 1.54) is 6.20 Å². The Balaban J connectivity index is 3.43. The van der Waals surface area contributed by atoms with Crippen molar-refractivity contribution in [3.05, 3.63) is 22.2 Å². The highest BCUT2D eigenvalue weighted by Crippen LogP contribution is 2.01. The zero-order valence-electron chi connectivity index (χ0n) is 5.32. The molecule has 1 rings (SSSR count). The van der Waals surface area contributed by atoms with E-state index < -0.39 is 5.69 Å². The molecule has 0 aliphatic rings. The number of carbonyl (C=O) groups is 1. The van der Waals surface area contributed by atoms with Crippen LogP contribution in [0.4, 0.5) is 5.82 Å². The van der Waals surface area contributed by atoms with Gasteiger partial charge in [0.1, 0.15) is 5.82 Å². The minimum atomic E-state index is -0.478. The van der Waals surface area contributed by atoms with Gasteiger partial charge in [0.25, 0.3) is 0 Å². The van der Waals surface area contributed by atoms with Gasteiger partial charge < -0.3 is 5.73 Å². The molecule has 0 bridgehead atoms. The molecule has 0 radical (unpaired) electrons. The van der Waals surface area contributed by atoms with Crippen LogP contribution < -0.4 is 11.4 Å². The van der Waals surface area contributed by atoms with E-state index in [1.54, 1.807) is 22.9 Å². The normalized spacial score (nSPS) is 9.55. The molecule has 11 heavy (non-hydrogen) atoms. The quantitative estimate of drug-likeness (QED) is 0.565. The molecule has 0 aliphatic carbocycles. The number of aldehydes is 1. The van der Waals surface area contributed by atoms with Crippen LogP contribution in [0.25, 0.3) is 0 Å². The molecule has 0 spiro atoms. The molecule has 0 fully saturated rings. The average molecular weight is 265 g/mol. The van der Waals surface area contributed by atoms with Crippen molar-refractivity contribution in [3.8, 4) is 0 Å². The number of rotatable bonds is 1. The first-order chi connectivity index (χ1) is 5.15. The lowest BCUT2D eigenvalue weighted by Crippen LogP contribution is -2.18. The van der Waals surface area contributed by atoms with Crippen LogP contribution >= 0.6 is 22.9 Å². The van der Waals surface area contributed by atoms with E-state index in [2.05, 4.69) is 4.98 Å². The van der Waals surface area contributed by atoms with Crippen LogP contribution in [0.15, 0.2) is 11.0 Å². The second-order valence-electron chi connectivity index (χ2n) is 1.79. The highest BCUT2D eigenvalue weighted by molar-refractivity contribution is 14.1. The van der Waals surface area contributed by atoms with Crippen molar-refractivity contribution >= 4 is 35.0 Å². The van der Waals surface area contributed by atoms with E-state index in [9.17, 15) is 9.59 Å². The van der Waals surface area contributed by atoms with Gasteiger partial charge in [-0.25, -0.2) is 7.58 Å². The number of aromatic nitrogens is 2. The fourth-order valence-corrected chi connectivity index (χ4v) is 0.958. The number of nitrogens with two attached hydrogens (primary N) is 1. The van der Waals surface area contributed by atoms with Crippen molar-refractivity contribution in [1.29, 1.82) is 0 Å². The van der Waals surface area contributed by atoms with Gasteiger partial charge in [-0.1, -0.05) is 0 Å². The standard InChI is InChI=1S/C5H4IN3O2/c6-9-1-3(2-10)4(7)8-5(9)11/h1-2H,(H2,7,8,11). The van der Waals surface area contributed by atoms with Crippen molar-refractivity contribution in [3.63, 3.8) is 0 Å². The van der Waals surface area contributed by atoms with Crippen LogP contribution in [-0.4, -0.2) is 14.1 Å². The number of halogens is 1. The van der Waals surface area contributed by atoms with Crippen molar-refractivity contribution in [2.24, 2.45) is 0 Å². The molecular formula is C5H4IN3O2. The van der Waals surface area contributed by atoms with Crippen molar-refractivity contribution < 1.29 is 4.79 Å². The molecular weight excluding hydrogens is 261 g/mol. The molecule has 2 N–H and O–H groups in total. The van der Waals surface area contributed by atoms with Crippen LogP contribution in [0, 0.1) is 0 Å². The van der Waals surface area contributed by atoms with Gasteiger partial charge in [-0.3, -0.25) is 4.79 Å². The van der Waals surface area contributed by atoms with Gasteiger partial charge in [0.2, 0.25) is 0 Å². The lowest BCUT2D eigenvalue weighted by Gasteiger charge is -1.96. The number of anilines is 1. The van der Waals surface area contributed by atoms with E-state index in [4.69, 9.17) is 5.73 Å². The maximum Gasteiger partial charge on any atom is 0.358 e. The van der Waals surface area contributed by atoms with Gasteiger partial charge in [0.15, 0.2) is 6.29 Å². The summed E-state index contributed by atoms with van der Waals surface area (Å²) in [7, 11) is 0. The maximum atomic E-state index is 10.8. The number of carbonyl (C=O) groups excluding carboxylic acids is 1. The first kappa shape index (κ1) is 8.18. The molecule has 0 aromatic carbocycles. The van der Waals surface area contributed by atoms with E-state index in [1.807, 2.05) is 0 Å². The third-order valence-corrected chi connectivity index (χ3v) is 1.77. The van der Waals surface area contributed by atoms with Crippen LogP contribution in [0.1, 0.15) is 10.4 Å². The van der Waals surface area contributed by atoms with Gasteiger partial charge in [0, 0.05) is 6.20 Å². The molecule has 1 heterocycles. The predicted molar refractivity (Wildman–Crippen MR) is 47.7 cm³/mol. The first-order valence-electron chi connectivity index (χ1n) is 2.65. The molecule has 58 valence electrons. The van der Waals surface area contributed by atoms with E-state index in [-0.39, 0.29) is 11.4 Å². The number of nitrogen functional groups attached to an aromatic ring is 1. The summed E-state index contributed by atoms with van der Waals surface area (Å²) in [5.41, 5.74) is 4.99. The topological polar surface area (TPSA) is 78.0 Å². The Morgan fingerprint density at radius 3 is 2.91 bits per heavy atom. The fourth-order valence-electron chi connectivity index (χ4n) is 0.550. The summed E-state index contributed by atoms with van der Waals surface area (Å²) in [5, 5.41) is 0. The SMILES string of the molecule is Nc1nc(=O)n(I)cc1C=O. The second-order valence-corrected chi connectivity index (χ2v) is 2.83. The highest BCUT2D eigenvalue weighted by atomic mass is 127. The summed E-state index contributed by atoms with van der Waals surface area (Å²) in [4.78, 5) is 24.4. The van der Waals surface area contributed by atoms with Crippen LogP contribution in [0.5, 0.6) is 0 Å². The summed E-state index contributed by atoms with van der Waals surface area (Å²) in [6.45, 7) is 0. The number of nitrogens with zero attached hydrogens (tertiary/aromatic N) is 2. The Hall–Kier alpha value is -0.920. The lowest BCUT2D eigenvalue weighted by molar-refractivity contribution is 0.112. The van der Waals surface area contributed by atoms with Crippen molar-refractivity contribution in [2.75, 3.05) is 5.73 Å². The van der Waals surface area contributed by atoms with Crippen molar-refractivity contribution in [1.82, 2.24) is 7.76 Å². The largest absolute Gasteiger partial charge is 0.383 e. The Bertz CT molecular complexity index is 346. The molecule has 1 aromatic heterocycles. The Kier molecular flexibility index (Phi) is 2.22. The Labute approximate surface area is 75.7 Å². The molecule has 5 nitrogen and oxygen atoms in total. The predicted octanol–water partition coefficient (Wildman–Crippen LogP) is -0.164. The Morgan fingerprint density at radius 1 is 1.73 bits per heavy atom. The zero-order chi connectivity index (χ0) is 8.43. The minimum Gasteiger partial charge on any atom is -0.383 e. The average Bonchev–Trinajstić information content (AvgIpc) is 1.97. The maximum absolute atomic E-state index is 10.8. The molecule has 0 saturated carbocycles. The van der Waals surface area contributed by atoms with Crippen molar-refractivity contribution in [2.45, 2.75) is 0 Å². The monoisotopic (exact) mass is 265 g/mol. The third kappa shape index (κ3) is 1.56. The highest BCUT2D eigenvalue weighted by Gasteiger charge is 2.01. The first-order valence-corrected chi connectivity index (χ1v) is 3.62. The molecule has 0 aliphatic heterocycles. The number of hydrogen-bond donors (Lipinski definition) is 1. The van der Waals surface area contributed by atoms with Gasteiger partial charge >= 0.3 is 5.69 Å². The molecule has 6 heteroatoms. The molecule has 0 saturated heterocycles. The molecule has 0 unspecified atom stereocenters. The lowest BCUT2D eigenvalue weighted by atomic mass is 10.3. The fraction of sp³-hybridized carbons (Fsp3) is 0. The van der Waals surface area contributed by atoms with E-state index >= 15 is 0 Å². The summed E-state index contributed by atoms with van der Waals surface area (Å²) >= 11 is 1.72. The molecule has 1 aromatic rings. The summed E-state index contributed by atoms with van der Waals surface area (Å²) in [6.07, 6.45) is 1.88. The summed E-state index contributed by atoms with van der Waals surface area (Å²) < 4.78 is 1.16. The summed E-state index contributed by atoms with van der Waals surface area (Å²) in [5.74, 6) is -0.0297. The zero-order valence-corrected chi connectivity index (χ0v) is 7.48. The van der Waals surface area contributed by atoms with E-state index in [0.717, 1.165) is 2.78 Å². The van der Waals surface area contributed by atoms with E-state index in [0.29, 0.717) is 6.29 Å². The van der Waals surface area contributed by atoms with Gasteiger partial charge in [0.05, 0.1) is 28.4 Å². The number of hydrogen-bond acceptors (Lipinski definition) is 4.